The third kappa shape index (κ3) is 3.29. The number of carbonyl (C=O) groups is 1. The number of nitrogens with zero attached hydrogens (tertiary/aromatic N) is 4. The van der Waals surface area contributed by atoms with Crippen LogP contribution in [-0.4, -0.2) is 37.3 Å². The van der Waals surface area contributed by atoms with E-state index in [-0.39, 0.29) is 5.91 Å². The Balaban J connectivity index is 1.62. The average Bonchev–Trinajstić information content (AvgIpc) is 3.17. The van der Waals surface area contributed by atoms with Gasteiger partial charge in [-0.3, -0.25) is 9.47 Å². The number of amides is 1. The molecule has 0 radical (unpaired) electrons. The van der Waals surface area contributed by atoms with E-state index >= 15 is 0 Å². The molecule has 0 saturated heterocycles. The highest BCUT2D eigenvalue weighted by atomic mass is 32.2. The van der Waals surface area contributed by atoms with Crippen molar-refractivity contribution in [2.24, 2.45) is 0 Å². The maximum absolute atomic E-state index is 12.0. The van der Waals surface area contributed by atoms with E-state index in [1.165, 1.54) is 24.6 Å². The van der Waals surface area contributed by atoms with Gasteiger partial charge in [-0.25, -0.2) is 4.68 Å². The maximum Gasteiger partial charge on any atom is 0.230 e. The van der Waals surface area contributed by atoms with Crippen LogP contribution in [0.25, 0.3) is 0 Å². The van der Waals surface area contributed by atoms with Gasteiger partial charge in [-0.2, -0.15) is 0 Å². The van der Waals surface area contributed by atoms with Crippen molar-refractivity contribution >= 4 is 17.7 Å². The lowest BCUT2D eigenvalue weighted by Gasteiger charge is -2.12. The topological polar surface area (TPSA) is 64.7 Å². The van der Waals surface area contributed by atoms with E-state index < -0.39 is 0 Å². The fraction of sp³-hybridized carbons (Fsp3) is 0.500. The Hall–Kier alpha value is -1.76. The van der Waals surface area contributed by atoms with Crippen LogP contribution < -0.4 is 5.32 Å². The molecule has 112 valence electrons. The third-order valence-electron chi connectivity index (χ3n) is 3.64. The second-order valence-electron chi connectivity index (χ2n) is 5.24. The Bertz CT molecular complexity index is 601. The van der Waals surface area contributed by atoms with E-state index in [0.29, 0.717) is 11.8 Å². The van der Waals surface area contributed by atoms with E-state index in [1.807, 2.05) is 40.8 Å². The van der Waals surface area contributed by atoms with E-state index in [9.17, 15) is 4.79 Å². The second kappa shape index (κ2) is 6.34. The predicted molar refractivity (Wildman–Crippen MR) is 81.1 cm³/mol. The number of nitrogens with one attached hydrogen (secondary N) is 1. The zero-order valence-corrected chi connectivity index (χ0v) is 12.8. The first-order chi connectivity index (χ1) is 10.2. The van der Waals surface area contributed by atoms with E-state index in [2.05, 4.69) is 15.5 Å². The lowest BCUT2D eigenvalue weighted by atomic mass is 10.2. The van der Waals surface area contributed by atoms with Crippen molar-refractivity contribution in [1.82, 2.24) is 24.9 Å². The zero-order valence-electron chi connectivity index (χ0n) is 12.0. The molecule has 0 spiro atoms. The number of hydrogen-bond donors (Lipinski definition) is 1. The number of aryl methyl sites for hydroxylation is 1. The van der Waals surface area contributed by atoms with E-state index in [4.69, 9.17) is 0 Å². The van der Waals surface area contributed by atoms with Gasteiger partial charge in [0.05, 0.1) is 5.75 Å². The monoisotopic (exact) mass is 305 g/mol. The summed E-state index contributed by atoms with van der Waals surface area (Å²) < 4.78 is 3.81. The molecular formula is C14H19N5OS. The molecule has 21 heavy (non-hydrogen) atoms. The lowest BCUT2D eigenvalue weighted by molar-refractivity contribution is -0.119. The van der Waals surface area contributed by atoms with Crippen molar-refractivity contribution in [1.29, 1.82) is 0 Å². The van der Waals surface area contributed by atoms with Gasteiger partial charge < -0.3 is 5.32 Å². The van der Waals surface area contributed by atoms with Crippen LogP contribution in [0.4, 0.5) is 0 Å². The highest BCUT2D eigenvalue weighted by Gasteiger charge is 2.18. The molecule has 1 fully saturated rings. The standard InChI is InChI=1S/C14H19N5OS/c1-11-16-17-14(19(11)18-8-4-5-9-18)21-10-13(20)15-12-6-2-3-7-12/h4-5,8-9,12H,2-3,6-7,10H2,1H3,(H,15,20). The normalized spacial score (nSPS) is 15.5. The van der Waals surface area contributed by atoms with Crippen LogP contribution in [0.1, 0.15) is 31.5 Å². The quantitative estimate of drug-likeness (QED) is 0.856. The van der Waals surface area contributed by atoms with Crippen molar-refractivity contribution < 1.29 is 4.79 Å². The summed E-state index contributed by atoms with van der Waals surface area (Å²) >= 11 is 1.41. The molecular weight excluding hydrogens is 286 g/mol. The molecule has 0 bridgehead atoms. The fourth-order valence-electron chi connectivity index (χ4n) is 2.62. The third-order valence-corrected chi connectivity index (χ3v) is 4.56. The Kier molecular flexibility index (Phi) is 4.28. The van der Waals surface area contributed by atoms with Gasteiger partial charge in [0.25, 0.3) is 0 Å². The van der Waals surface area contributed by atoms with Crippen LogP contribution in [0.2, 0.25) is 0 Å². The van der Waals surface area contributed by atoms with Gasteiger partial charge in [0.2, 0.25) is 11.1 Å². The number of rotatable bonds is 5. The molecule has 1 aliphatic carbocycles. The molecule has 0 atom stereocenters. The van der Waals surface area contributed by atoms with Crippen molar-refractivity contribution in [3.05, 3.63) is 30.4 Å². The minimum Gasteiger partial charge on any atom is -0.353 e. The highest BCUT2D eigenvalue weighted by molar-refractivity contribution is 7.99. The van der Waals surface area contributed by atoms with Gasteiger partial charge >= 0.3 is 0 Å². The second-order valence-corrected chi connectivity index (χ2v) is 6.18. The molecule has 1 amide bonds. The first-order valence-corrected chi connectivity index (χ1v) is 8.20. The molecule has 7 heteroatoms. The largest absolute Gasteiger partial charge is 0.353 e. The van der Waals surface area contributed by atoms with Gasteiger partial charge in [0.15, 0.2) is 5.82 Å². The Morgan fingerprint density at radius 1 is 1.33 bits per heavy atom. The number of aromatic nitrogens is 4. The minimum absolute atomic E-state index is 0.0756. The summed E-state index contributed by atoms with van der Waals surface area (Å²) in [6.45, 7) is 1.90. The molecule has 6 nitrogen and oxygen atoms in total. The van der Waals surface area contributed by atoms with Gasteiger partial charge in [-0.1, -0.05) is 24.6 Å². The summed E-state index contributed by atoms with van der Waals surface area (Å²) in [5, 5.41) is 12.1. The first-order valence-electron chi connectivity index (χ1n) is 7.22. The van der Waals surface area contributed by atoms with E-state index in [1.54, 1.807) is 0 Å². The maximum atomic E-state index is 12.0. The summed E-state index contributed by atoms with van der Waals surface area (Å²) in [6, 6.07) is 4.25. The van der Waals surface area contributed by atoms with Gasteiger partial charge in [-0.15, -0.1) is 10.2 Å². The van der Waals surface area contributed by atoms with Crippen LogP contribution in [0, 0.1) is 6.92 Å². The number of hydrogen-bond acceptors (Lipinski definition) is 4. The first kappa shape index (κ1) is 14.2. The Morgan fingerprint density at radius 2 is 2.05 bits per heavy atom. The average molecular weight is 305 g/mol. The summed E-state index contributed by atoms with van der Waals surface area (Å²) in [7, 11) is 0. The molecule has 2 heterocycles. The van der Waals surface area contributed by atoms with Crippen LogP contribution in [0.5, 0.6) is 0 Å². The molecule has 0 unspecified atom stereocenters. The molecule has 1 saturated carbocycles. The summed E-state index contributed by atoms with van der Waals surface area (Å²) in [5.41, 5.74) is 0. The summed E-state index contributed by atoms with van der Waals surface area (Å²) in [4.78, 5) is 12.0. The highest BCUT2D eigenvalue weighted by Crippen LogP contribution is 2.19. The van der Waals surface area contributed by atoms with E-state index in [0.717, 1.165) is 23.8 Å². The van der Waals surface area contributed by atoms with Crippen molar-refractivity contribution in [3.63, 3.8) is 0 Å². The molecule has 2 aromatic heterocycles. The Morgan fingerprint density at radius 3 is 2.76 bits per heavy atom. The van der Waals surface area contributed by atoms with Gasteiger partial charge in [0, 0.05) is 18.4 Å². The summed E-state index contributed by atoms with van der Waals surface area (Å²) in [5.74, 6) is 1.24. The van der Waals surface area contributed by atoms with Gasteiger partial charge in [-0.05, 0) is 31.9 Å². The SMILES string of the molecule is Cc1nnc(SCC(=O)NC2CCCC2)n1-n1cccc1. The molecule has 1 aliphatic rings. The number of thioether (sulfide) groups is 1. The van der Waals surface area contributed by atoms with Crippen molar-refractivity contribution in [3.8, 4) is 0 Å². The number of carbonyl (C=O) groups excluding carboxylic acids is 1. The smallest absolute Gasteiger partial charge is 0.230 e. The molecule has 0 aromatic carbocycles. The lowest BCUT2D eigenvalue weighted by Crippen LogP contribution is -2.33. The Labute approximate surface area is 127 Å². The zero-order chi connectivity index (χ0) is 14.7. The van der Waals surface area contributed by atoms with Gasteiger partial charge in [0.1, 0.15) is 0 Å². The molecule has 1 N–H and O–H groups in total. The molecule has 2 aromatic rings. The van der Waals surface area contributed by atoms with Crippen molar-refractivity contribution in [2.75, 3.05) is 5.75 Å². The van der Waals surface area contributed by atoms with Crippen LogP contribution >= 0.6 is 11.8 Å². The van der Waals surface area contributed by atoms with Crippen molar-refractivity contribution in [2.45, 2.75) is 43.8 Å². The van der Waals surface area contributed by atoms with Crippen LogP contribution in [0.15, 0.2) is 29.7 Å². The predicted octanol–water partition coefficient (Wildman–Crippen LogP) is 1.85. The fourth-order valence-corrected chi connectivity index (χ4v) is 3.41. The minimum atomic E-state index is 0.0756. The van der Waals surface area contributed by atoms with Crippen LogP contribution in [-0.2, 0) is 4.79 Å². The summed E-state index contributed by atoms with van der Waals surface area (Å²) in [6.07, 6.45) is 8.51. The molecule has 3 rings (SSSR count). The molecule has 0 aliphatic heterocycles. The van der Waals surface area contributed by atoms with Crippen LogP contribution in [0.3, 0.4) is 0 Å².